The molecule has 1 N–H and O–H groups in total. The third kappa shape index (κ3) is 4.49. The summed E-state index contributed by atoms with van der Waals surface area (Å²) in [5, 5.41) is 1.38. The number of rotatable bonds is 8. The summed E-state index contributed by atoms with van der Waals surface area (Å²) >= 11 is 1.90. The van der Waals surface area contributed by atoms with Crippen molar-refractivity contribution in [3.05, 3.63) is 60.0 Å². The van der Waals surface area contributed by atoms with Crippen LogP contribution in [0.15, 0.2) is 53.8 Å². The molecule has 0 fully saturated rings. The molecule has 138 valence electrons. The molecule has 1 aromatic carbocycles. The molecule has 2 aromatic heterocycles. The van der Waals surface area contributed by atoms with Gasteiger partial charge in [0.05, 0.1) is 0 Å². The predicted octanol–water partition coefficient (Wildman–Crippen LogP) is 5.52. The summed E-state index contributed by atoms with van der Waals surface area (Å²) in [5.74, 6) is 0.946. The van der Waals surface area contributed by atoms with Crippen molar-refractivity contribution in [2.75, 3.05) is 6.54 Å². The van der Waals surface area contributed by atoms with E-state index in [1.165, 1.54) is 26.9 Å². The number of H-pyrrole nitrogens is 1. The minimum Gasteiger partial charge on any atom is -0.361 e. The summed E-state index contributed by atoms with van der Waals surface area (Å²) in [4.78, 5) is 11.6. The van der Waals surface area contributed by atoms with E-state index in [0.717, 1.165) is 18.7 Å². The number of nitrogens with zero attached hydrogens (tertiary/aromatic N) is 2. The van der Waals surface area contributed by atoms with Crippen LogP contribution in [0.3, 0.4) is 0 Å². The van der Waals surface area contributed by atoms with E-state index in [0.29, 0.717) is 12.1 Å². The van der Waals surface area contributed by atoms with E-state index in [-0.39, 0.29) is 0 Å². The molecule has 0 saturated heterocycles. The van der Waals surface area contributed by atoms with Gasteiger partial charge in [0.1, 0.15) is 0 Å². The number of nitrogens with one attached hydrogen (secondary N) is 1. The SMILES string of the molecule is CC(C)N(CCc1c[nH]c2cccc(SCc3cccnc3)c12)C(C)C. The minimum atomic E-state index is 0.569. The van der Waals surface area contributed by atoms with Gasteiger partial charge in [-0.1, -0.05) is 12.1 Å². The summed E-state index contributed by atoms with van der Waals surface area (Å²) < 4.78 is 0. The van der Waals surface area contributed by atoms with Crippen molar-refractivity contribution in [2.24, 2.45) is 0 Å². The standard InChI is InChI=1S/C22H29N3S/c1-16(2)25(17(3)4)12-10-19-14-24-20-8-5-9-21(22(19)20)26-15-18-7-6-11-23-13-18/h5-9,11,13-14,16-17,24H,10,12,15H2,1-4H3. The molecule has 0 radical (unpaired) electrons. The predicted molar refractivity (Wildman–Crippen MR) is 113 cm³/mol. The van der Waals surface area contributed by atoms with E-state index in [2.05, 4.69) is 73.0 Å². The zero-order chi connectivity index (χ0) is 18.5. The Labute approximate surface area is 161 Å². The van der Waals surface area contributed by atoms with Gasteiger partial charge in [-0.05, 0) is 63.4 Å². The second kappa shape index (κ2) is 8.74. The molecule has 0 aliphatic heterocycles. The van der Waals surface area contributed by atoms with E-state index in [4.69, 9.17) is 0 Å². The van der Waals surface area contributed by atoms with Gasteiger partial charge in [-0.25, -0.2) is 0 Å². The highest BCUT2D eigenvalue weighted by molar-refractivity contribution is 7.98. The van der Waals surface area contributed by atoms with Crippen molar-refractivity contribution in [2.45, 2.75) is 56.8 Å². The Balaban J connectivity index is 1.79. The highest BCUT2D eigenvalue weighted by atomic mass is 32.2. The molecule has 3 aromatic rings. The summed E-state index contributed by atoms with van der Waals surface area (Å²) in [6, 6.07) is 11.8. The molecule has 0 saturated carbocycles. The smallest absolute Gasteiger partial charge is 0.0468 e. The van der Waals surface area contributed by atoms with Gasteiger partial charge in [0, 0.05) is 58.8 Å². The average molecular weight is 368 g/mol. The molecular formula is C22H29N3S. The Morgan fingerprint density at radius 3 is 2.58 bits per heavy atom. The van der Waals surface area contributed by atoms with E-state index in [9.17, 15) is 0 Å². The topological polar surface area (TPSA) is 31.9 Å². The van der Waals surface area contributed by atoms with E-state index in [1.54, 1.807) is 0 Å². The zero-order valence-corrected chi connectivity index (χ0v) is 17.0. The Hall–Kier alpha value is -1.78. The lowest BCUT2D eigenvalue weighted by atomic mass is 10.1. The van der Waals surface area contributed by atoms with E-state index in [1.807, 2.05) is 30.2 Å². The van der Waals surface area contributed by atoms with Crippen molar-refractivity contribution in [1.82, 2.24) is 14.9 Å². The lowest BCUT2D eigenvalue weighted by Crippen LogP contribution is -2.38. The van der Waals surface area contributed by atoms with Gasteiger partial charge in [0.15, 0.2) is 0 Å². The molecule has 0 atom stereocenters. The molecule has 26 heavy (non-hydrogen) atoms. The lowest BCUT2D eigenvalue weighted by molar-refractivity contribution is 0.177. The van der Waals surface area contributed by atoms with E-state index < -0.39 is 0 Å². The number of hydrogen-bond donors (Lipinski definition) is 1. The monoisotopic (exact) mass is 367 g/mol. The number of benzene rings is 1. The number of aromatic amines is 1. The van der Waals surface area contributed by atoms with Crippen LogP contribution in [-0.4, -0.2) is 33.5 Å². The van der Waals surface area contributed by atoms with Crippen LogP contribution < -0.4 is 0 Å². The Morgan fingerprint density at radius 1 is 1.08 bits per heavy atom. The summed E-state index contributed by atoms with van der Waals surface area (Å²) in [7, 11) is 0. The number of aromatic nitrogens is 2. The first kappa shape index (κ1) is 19.0. The third-order valence-electron chi connectivity index (χ3n) is 4.83. The summed E-state index contributed by atoms with van der Waals surface area (Å²) in [5.41, 5.74) is 3.91. The Bertz CT molecular complexity index is 816. The molecular weight excluding hydrogens is 338 g/mol. The molecule has 4 heteroatoms. The van der Waals surface area contributed by atoms with Crippen molar-refractivity contribution < 1.29 is 0 Å². The number of thioether (sulfide) groups is 1. The van der Waals surface area contributed by atoms with Crippen molar-refractivity contribution in [1.29, 1.82) is 0 Å². The maximum Gasteiger partial charge on any atom is 0.0468 e. The van der Waals surface area contributed by atoms with Crippen LogP contribution in [0.4, 0.5) is 0 Å². The molecule has 0 unspecified atom stereocenters. The van der Waals surface area contributed by atoms with Crippen LogP contribution >= 0.6 is 11.8 Å². The van der Waals surface area contributed by atoms with Crippen LogP contribution in [-0.2, 0) is 12.2 Å². The second-order valence-corrected chi connectivity index (χ2v) is 8.34. The van der Waals surface area contributed by atoms with Crippen LogP contribution in [0, 0.1) is 0 Å². The molecule has 0 aliphatic rings. The number of pyridine rings is 1. The van der Waals surface area contributed by atoms with Gasteiger partial charge < -0.3 is 4.98 Å². The molecule has 0 amide bonds. The first-order valence-corrected chi connectivity index (χ1v) is 10.4. The first-order valence-electron chi connectivity index (χ1n) is 9.42. The first-order chi connectivity index (χ1) is 12.6. The van der Waals surface area contributed by atoms with Crippen LogP contribution in [0.1, 0.15) is 38.8 Å². The maximum absolute atomic E-state index is 4.22. The zero-order valence-electron chi connectivity index (χ0n) is 16.2. The van der Waals surface area contributed by atoms with Crippen molar-refractivity contribution in [3.63, 3.8) is 0 Å². The largest absolute Gasteiger partial charge is 0.361 e. The quantitative estimate of drug-likeness (QED) is 0.532. The van der Waals surface area contributed by atoms with Crippen molar-refractivity contribution >= 4 is 22.7 Å². The molecule has 0 aliphatic carbocycles. The summed E-state index contributed by atoms with van der Waals surface area (Å²) in [6.07, 6.45) is 7.04. The highest BCUT2D eigenvalue weighted by Gasteiger charge is 2.15. The normalized spacial score (nSPS) is 12.0. The molecule has 3 rings (SSSR count). The maximum atomic E-state index is 4.22. The van der Waals surface area contributed by atoms with Gasteiger partial charge in [0.2, 0.25) is 0 Å². The van der Waals surface area contributed by atoms with Gasteiger partial charge in [-0.3, -0.25) is 9.88 Å². The molecule has 2 heterocycles. The van der Waals surface area contributed by atoms with Crippen LogP contribution in [0.2, 0.25) is 0 Å². The number of fused-ring (bicyclic) bond motifs is 1. The van der Waals surface area contributed by atoms with Gasteiger partial charge >= 0.3 is 0 Å². The Morgan fingerprint density at radius 2 is 1.88 bits per heavy atom. The van der Waals surface area contributed by atoms with Crippen LogP contribution in [0.25, 0.3) is 10.9 Å². The summed E-state index contributed by atoms with van der Waals surface area (Å²) in [6.45, 7) is 10.2. The number of hydrogen-bond acceptors (Lipinski definition) is 3. The van der Waals surface area contributed by atoms with Gasteiger partial charge in [0.25, 0.3) is 0 Å². The van der Waals surface area contributed by atoms with E-state index >= 15 is 0 Å². The fraction of sp³-hybridized carbons (Fsp3) is 0.409. The minimum absolute atomic E-state index is 0.569. The Kier molecular flexibility index (Phi) is 6.38. The molecule has 0 bridgehead atoms. The van der Waals surface area contributed by atoms with Crippen molar-refractivity contribution in [3.8, 4) is 0 Å². The fourth-order valence-corrected chi connectivity index (χ4v) is 4.60. The average Bonchev–Trinajstić information content (AvgIpc) is 3.04. The highest BCUT2D eigenvalue weighted by Crippen LogP contribution is 2.32. The van der Waals surface area contributed by atoms with Crippen LogP contribution in [0.5, 0.6) is 0 Å². The third-order valence-corrected chi connectivity index (χ3v) is 5.96. The molecule has 0 spiro atoms. The lowest BCUT2D eigenvalue weighted by Gasteiger charge is -2.30. The molecule has 3 nitrogen and oxygen atoms in total. The second-order valence-electron chi connectivity index (χ2n) is 7.32. The van der Waals surface area contributed by atoms with Gasteiger partial charge in [-0.15, -0.1) is 11.8 Å². The van der Waals surface area contributed by atoms with Gasteiger partial charge in [-0.2, -0.15) is 0 Å². The fourth-order valence-electron chi connectivity index (χ4n) is 3.54.